The number of alkyl halides is 3. The summed E-state index contributed by atoms with van der Waals surface area (Å²) in [4.78, 5) is 23.8. The molecule has 0 saturated carbocycles. The third kappa shape index (κ3) is 5.73. The molecule has 0 aliphatic carbocycles. The summed E-state index contributed by atoms with van der Waals surface area (Å²) >= 11 is 1.33. The molecular formula is C11H12F3NO3S. The van der Waals surface area contributed by atoms with Crippen molar-refractivity contribution >= 4 is 23.2 Å². The second kappa shape index (κ2) is 6.05. The number of hydrogen-bond donors (Lipinski definition) is 2. The minimum absolute atomic E-state index is 0.125. The van der Waals surface area contributed by atoms with Crippen molar-refractivity contribution in [3.63, 3.8) is 0 Å². The lowest BCUT2D eigenvalue weighted by atomic mass is 10.2. The van der Waals surface area contributed by atoms with Crippen LogP contribution < -0.4 is 5.32 Å². The first-order chi connectivity index (χ1) is 8.67. The van der Waals surface area contributed by atoms with Crippen molar-refractivity contribution in [3.8, 4) is 0 Å². The van der Waals surface area contributed by atoms with Crippen molar-refractivity contribution < 1.29 is 27.9 Å². The number of aryl methyl sites for hydroxylation is 1. The maximum Gasteiger partial charge on any atom is 0.391 e. The van der Waals surface area contributed by atoms with E-state index in [0.29, 0.717) is 4.88 Å². The number of halogens is 3. The van der Waals surface area contributed by atoms with Crippen LogP contribution in [0.2, 0.25) is 0 Å². The van der Waals surface area contributed by atoms with E-state index in [1.165, 1.54) is 11.3 Å². The summed E-state index contributed by atoms with van der Waals surface area (Å²) in [5, 5.41) is 10.5. The molecule has 106 valence electrons. The monoisotopic (exact) mass is 295 g/mol. The number of carboxylic acid groups (broad SMARTS) is 1. The Morgan fingerprint density at radius 1 is 1.42 bits per heavy atom. The molecule has 0 bridgehead atoms. The van der Waals surface area contributed by atoms with Crippen LogP contribution in [0, 0.1) is 6.92 Å². The normalized spacial score (nSPS) is 13.1. The van der Waals surface area contributed by atoms with E-state index >= 15 is 0 Å². The molecule has 1 amide bonds. The summed E-state index contributed by atoms with van der Waals surface area (Å²) in [6.07, 6.45) is -6.35. The molecule has 1 unspecified atom stereocenters. The molecule has 0 fully saturated rings. The van der Waals surface area contributed by atoms with Crippen LogP contribution in [0.25, 0.3) is 0 Å². The highest BCUT2D eigenvalue weighted by Gasteiger charge is 2.36. The lowest BCUT2D eigenvalue weighted by Crippen LogP contribution is -2.44. The fourth-order valence-corrected chi connectivity index (χ4v) is 2.30. The van der Waals surface area contributed by atoms with Crippen LogP contribution in [-0.2, 0) is 16.0 Å². The molecule has 1 aromatic rings. The fraction of sp³-hybridized carbons (Fsp3) is 0.455. The van der Waals surface area contributed by atoms with Gasteiger partial charge in [-0.15, -0.1) is 11.3 Å². The Morgan fingerprint density at radius 2 is 2.05 bits per heavy atom. The van der Waals surface area contributed by atoms with Gasteiger partial charge in [-0.2, -0.15) is 13.2 Å². The van der Waals surface area contributed by atoms with Crippen molar-refractivity contribution in [3.05, 3.63) is 21.9 Å². The van der Waals surface area contributed by atoms with E-state index in [1.807, 2.05) is 12.2 Å². The van der Waals surface area contributed by atoms with Crippen molar-refractivity contribution in [1.29, 1.82) is 0 Å². The number of thiophene rings is 1. The Morgan fingerprint density at radius 3 is 2.47 bits per heavy atom. The Hall–Kier alpha value is -1.57. The fourth-order valence-electron chi connectivity index (χ4n) is 1.42. The summed E-state index contributed by atoms with van der Waals surface area (Å²) in [5.74, 6) is -2.44. The number of aliphatic carboxylic acids is 1. The molecule has 19 heavy (non-hydrogen) atoms. The van der Waals surface area contributed by atoms with Crippen molar-refractivity contribution in [1.82, 2.24) is 5.32 Å². The standard InChI is InChI=1S/C11H12F3NO3S/c1-6-2-3-7(19-6)4-9(16)15-8(10(17)18)5-11(12,13)14/h2-3,8H,4-5H2,1H3,(H,15,16)(H,17,18). The van der Waals surface area contributed by atoms with Crippen LogP contribution in [0.3, 0.4) is 0 Å². The van der Waals surface area contributed by atoms with Crippen LogP contribution in [0.15, 0.2) is 12.1 Å². The molecule has 0 saturated heterocycles. The Bertz CT molecular complexity index is 470. The number of carbonyl (C=O) groups is 2. The van der Waals surface area contributed by atoms with Gasteiger partial charge in [-0.1, -0.05) is 0 Å². The summed E-state index contributed by atoms with van der Waals surface area (Å²) in [6, 6.07) is 1.50. The summed E-state index contributed by atoms with van der Waals surface area (Å²) in [7, 11) is 0. The molecule has 0 aromatic carbocycles. The topological polar surface area (TPSA) is 66.4 Å². The third-order valence-electron chi connectivity index (χ3n) is 2.20. The maximum atomic E-state index is 12.1. The summed E-state index contributed by atoms with van der Waals surface area (Å²) < 4.78 is 36.4. The lowest BCUT2D eigenvalue weighted by Gasteiger charge is -2.16. The molecule has 2 N–H and O–H groups in total. The molecule has 1 aromatic heterocycles. The highest BCUT2D eigenvalue weighted by atomic mass is 32.1. The second-order valence-corrected chi connectivity index (χ2v) is 5.34. The van der Waals surface area contributed by atoms with Crippen LogP contribution >= 0.6 is 11.3 Å². The van der Waals surface area contributed by atoms with Gasteiger partial charge in [0, 0.05) is 9.75 Å². The number of carbonyl (C=O) groups excluding carboxylic acids is 1. The van der Waals surface area contributed by atoms with Crippen LogP contribution in [0.5, 0.6) is 0 Å². The Labute approximate surface area is 111 Å². The third-order valence-corrected chi connectivity index (χ3v) is 3.20. The van der Waals surface area contributed by atoms with Crippen molar-refractivity contribution in [2.75, 3.05) is 0 Å². The van der Waals surface area contributed by atoms with Gasteiger partial charge in [0.2, 0.25) is 5.91 Å². The molecule has 0 radical (unpaired) electrons. The van der Waals surface area contributed by atoms with Crippen LogP contribution in [0.1, 0.15) is 16.2 Å². The number of rotatable bonds is 5. The van der Waals surface area contributed by atoms with E-state index in [4.69, 9.17) is 5.11 Å². The quantitative estimate of drug-likeness (QED) is 0.874. The van der Waals surface area contributed by atoms with Crippen molar-refractivity contribution in [2.45, 2.75) is 32.0 Å². The number of hydrogen-bond acceptors (Lipinski definition) is 3. The molecule has 1 heterocycles. The van der Waals surface area contributed by atoms with E-state index in [-0.39, 0.29) is 6.42 Å². The zero-order valence-corrected chi connectivity index (χ0v) is 10.8. The van der Waals surface area contributed by atoms with E-state index in [9.17, 15) is 22.8 Å². The first-order valence-electron chi connectivity index (χ1n) is 5.31. The molecule has 0 aliphatic rings. The molecule has 1 atom stereocenters. The zero-order valence-electron chi connectivity index (χ0n) is 9.95. The lowest BCUT2D eigenvalue weighted by molar-refractivity contribution is -0.159. The highest BCUT2D eigenvalue weighted by molar-refractivity contribution is 7.12. The Kier molecular flexibility index (Phi) is 4.93. The molecule has 8 heteroatoms. The van der Waals surface area contributed by atoms with Gasteiger partial charge in [-0.25, -0.2) is 4.79 Å². The SMILES string of the molecule is Cc1ccc(CC(=O)NC(CC(F)(F)F)C(=O)O)s1. The summed E-state index contributed by atoms with van der Waals surface area (Å²) in [6.45, 7) is 1.83. The number of amides is 1. The Balaban J connectivity index is 2.59. The average Bonchev–Trinajstić information content (AvgIpc) is 2.60. The van der Waals surface area contributed by atoms with Gasteiger partial charge >= 0.3 is 12.1 Å². The first-order valence-corrected chi connectivity index (χ1v) is 6.13. The van der Waals surface area contributed by atoms with Gasteiger partial charge in [0.05, 0.1) is 12.8 Å². The second-order valence-electron chi connectivity index (χ2n) is 3.97. The molecule has 0 spiro atoms. The van der Waals surface area contributed by atoms with E-state index in [2.05, 4.69) is 0 Å². The van der Waals surface area contributed by atoms with E-state index in [1.54, 1.807) is 12.1 Å². The van der Waals surface area contributed by atoms with E-state index in [0.717, 1.165) is 4.88 Å². The highest BCUT2D eigenvalue weighted by Crippen LogP contribution is 2.22. The van der Waals surface area contributed by atoms with Crippen molar-refractivity contribution in [2.24, 2.45) is 0 Å². The largest absolute Gasteiger partial charge is 0.480 e. The number of carboxylic acids is 1. The molecule has 4 nitrogen and oxygen atoms in total. The minimum atomic E-state index is -4.64. The van der Waals surface area contributed by atoms with Gasteiger partial charge in [0.15, 0.2) is 0 Å². The van der Waals surface area contributed by atoms with Gasteiger partial charge in [0.1, 0.15) is 6.04 Å². The first kappa shape index (κ1) is 15.5. The van der Waals surface area contributed by atoms with Crippen LogP contribution in [-0.4, -0.2) is 29.2 Å². The minimum Gasteiger partial charge on any atom is -0.480 e. The molecular weight excluding hydrogens is 283 g/mol. The maximum absolute atomic E-state index is 12.1. The van der Waals surface area contributed by atoms with E-state index < -0.39 is 30.5 Å². The predicted octanol–water partition coefficient (Wildman–Crippen LogP) is 2.12. The van der Waals surface area contributed by atoms with Gasteiger partial charge in [-0.3, -0.25) is 4.79 Å². The summed E-state index contributed by atoms with van der Waals surface area (Å²) in [5.41, 5.74) is 0. The van der Waals surface area contributed by atoms with Crippen LogP contribution in [0.4, 0.5) is 13.2 Å². The molecule has 1 rings (SSSR count). The predicted molar refractivity (Wildman–Crippen MR) is 63.0 cm³/mol. The number of nitrogens with one attached hydrogen (secondary N) is 1. The molecule has 0 aliphatic heterocycles. The average molecular weight is 295 g/mol. The van der Waals surface area contributed by atoms with Gasteiger partial charge in [0.25, 0.3) is 0 Å². The smallest absolute Gasteiger partial charge is 0.391 e. The van der Waals surface area contributed by atoms with Gasteiger partial charge < -0.3 is 10.4 Å². The zero-order chi connectivity index (χ0) is 14.6. The van der Waals surface area contributed by atoms with Gasteiger partial charge in [-0.05, 0) is 19.1 Å².